The van der Waals surface area contributed by atoms with Gasteiger partial charge in [0.05, 0.1) is 19.1 Å². The molecule has 0 aliphatic heterocycles. The van der Waals surface area contributed by atoms with Gasteiger partial charge in [-0.2, -0.15) is 0 Å². The van der Waals surface area contributed by atoms with Crippen molar-refractivity contribution < 1.29 is 14.6 Å². The maximum atomic E-state index is 12.2. The van der Waals surface area contributed by atoms with Crippen molar-refractivity contribution in [2.75, 3.05) is 20.2 Å². The molecule has 0 aliphatic rings. The molecule has 1 amide bonds. The zero-order valence-corrected chi connectivity index (χ0v) is 12.1. The van der Waals surface area contributed by atoms with Gasteiger partial charge < -0.3 is 14.7 Å². The van der Waals surface area contributed by atoms with Crippen LogP contribution in [0.1, 0.15) is 26.3 Å². The average molecular weight is 265 g/mol. The molecule has 0 fully saturated rings. The van der Waals surface area contributed by atoms with E-state index in [2.05, 4.69) is 0 Å². The van der Waals surface area contributed by atoms with Gasteiger partial charge in [0.15, 0.2) is 0 Å². The molecule has 4 nitrogen and oxygen atoms in total. The normalized spacial score (nSPS) is 11.2. The molecule has 0 aliphatic carbocycles. The highest BCUT2D eigenvalue weighted by Crippen LogP contribution is 2.14. The highest BCUT2D eigenvalue weighted by atomic mass is 16.5. The Morgan fingerprint density at radius 1 is 1.42 bits per heavy atom. The quantitative estimate of drug-likeness (QED) is 0.854. The molecule has 1 aromatic carbocycles. The lowest BCUT2D eigenvalue weighted by atomic mass is 10.1. The van der Waals surface area contributed by atoms with Crippen molar-refractivity contribution in [2.45, 2.75) is 32.8 Å². The number of carbonyl (C=O) groups is 1. The molecule has 0 heterocycles. The van der Waals surface area contributed by atoms with Crippen LogP contribution in [-0.4, -0.2) is 41.7 Å². The number of amides is 1. The predicted octanol–water partition coefficient (Wildman–Crippen LogP) is 1.86. The zero-order valence-electron chi connectivity index (χ0n) is 12.1. The van der Waals surface area contributed by atoms with Crippen LogP contribution in [0.2, 0.25) is 0 Å². The first kappa shape index (κ1) is 15.5. The summed E-state index contributed by atoms with van der Waals surface area (Å²) in [6.45, 7) is 6.25. The Hall–Kier alpha value is -1.55. The first-order valence-electron chi connectivity index (χ1n) is 6.49. The van der Waals surface area contributed by atoms with Gasteiger partial charge >= 0.3 is 0 Å². The summed E-state index contributed by atoms with van der Waals surface area (Å²) in [6.07, 6.45) is 0.321. The van der Waals surface area contributed by atoms with Crippen LogP contribution >= 0.6 is 0 Å². The third-order valence-electron chi connectivity index (χ3n) is 2.80. The number of rotatable bonds is 6. The van der Waals surface area contributed by atoms with Gasteiger partial charge in [-0.3, -0.25) is 4.79 Å². The van der Waals surface area contributed by atoms with Crippen LogP contribution in [0, 0.1) is 0 Å². The van der Waals surface area contributed by atoms with E-state index in [-0.39, 0.29) is 5.91 Å². The summed E-state index contributed by atoms with van der Waals surface area (Å²) in [5, 5.41) is 9.80. The fraction of sp³-hybridized carbons (Fsp3) is 0.533. The van der Waals surface area contributed by atoms with Gasteiger partial charge in [-0.1, -0.05) is 12.1 Å². The van der Waals surface area contributed by atoms with Crippen LogP contribution in [0.25, 0.3) is 0 Å². The predicted molar refractivity (Wildman–Crippen MR) is 75.2 cm³/mol. The van der Waals surface area contributed by atoms with Gasteiger partial charge in [0.2, 0.25) is 5.91 Å². The summed E-state index contributed by atoms with van der Waals surface area (Å²) in [7, 11) is 1.60. The maximum Gasteiger partial charge on any atom is 0.227 e. The van der Waals surface area contributed by atoms with Crippen LogP contribution in [0.3, 0.4) is 0 Å². The van der Waals surface area contributed by atoms with Gasteiger partial charge in [-0.15, -0.1) is 0 Å². The number of hydrogen-bond donors (Lipinski definition) is 1. The number of carbonyl (C=O) groups excluding carboxylic acids is 1. The van der Waals surface area contributed by atoms with Crippen molar-refractivity contribution in [3.05, 3.63) is 29.8 Å². The molecular formula is C15H23NO3. The topological polar surface area (TPSA) is 49.8 Å². The first-order chi connectivity index (χ1) is 8.85. The van der Waals surface area contributed by atoms with Crippen molar-refractivity contribution in [2.24, 2.45) is 0 Å². The smallest absolute Gasteiger partial charge is 0.227 e. The third-order valence-corrected chi connectivity index (χ3v) is 2.80. The molecule has 0 saturated heterocycles. The molecule has 19 heavy (non-hydrogen) atoms. The summed E-state index contributed by atoms with van der Waals surface area (Å²) in [5.41, 5.74) is 0.0404. The molecule has 1 aromatic rings. The Kier molecular flexibility index (Phi) is 5.36. The summed E-state index contributed by atoms with van der Waals surface area (Å²) in [6, 6.07) is 7.48. The highest BCUT2D eigenvalue weighted by molar-refractivity contribution is 5.79. The van der Waals surface area contributed by atoms with E-state index in [9.17, 15) is 9.90 Å². The largest absolute Gasteiger partial charge is 0.497 e. The Bertz CT molecular complexity index is 424. The highest BCUT2D eigenvalue weighted by Gasteiger charge is 2.21. The van der Waals surface area contributed by atoms with E-state index in [4.69, 9.17) is 4.74 Å². The zero-order chi connectivity index (χ0) is 14.5. The number of hydrogen-bond acceptors (Lipinski definition) is 3. The van der Waals surface area contributed by atoms with Crippen LogP contribution in [0.4, 0.5) is 0 Å². The molecule has 4 heteroatoms. The molecule has 0 saturated carbocycles. The van der Waals surface area contributed by atoms with Crippen LogP contribution in [0.15, 0.2) is 24.3 Å². The van der Waals surface area contributed by atoms with Gasteiger partial charge in [0.25, 0.3) is 0 Å². The maximum absolute atomic E-state index is 12.2. The number of nitrogens with zero attached hydrogens (tertiary/aromatic N) is 1. The number of benzene rings is 1. The molecule has 0 spiro atoms. The fourth-order valence-corrected chi connectivity index (χ4v) is 1.91. The first-order valence-corrected chi connectivity index (χ1v) is 6.49. The van der Waals surface area contributed by atoms with E-state index in [0.29, 0.717) is 19.5 Å². The van der Waals surface area contributed by atoms with Crippen LogP contribution in [-0.2, 0) is 11.2 Å². The van der Waals surface area contributed by atoms with Crippen LogP contribution < -0.4 is 4.74 Å². The number of ether oxygens (including phenoxy) is 1. The van der Waals surface area contributed by atoms with Gasteiger partial charge in [0, 0.05) is 13.1 Å². The second-order valence-corrected chi connectivity index (χ2v) is 5.25. The summed E-state index contributed by atoms with van der Waals surface area (Å²) in [5.74, 6) is 0.758. The SMILES string of the molecule is CCN(CC(C)(C)O)C(=O)Cc1cccc(OC)c1. The van der Waals surface area contributed by atoms with Crippen molar-refractivity contribution in [1.82, 2.24) is 4.90 Å². The molecule has 0 unspecified atom stereocenters. The van der Waals surface area contributed by atoms with Gasteiger partial charge in [-0.25, -0.2) is 0 Å². The van der Waals surface area contributed by atoms with Crippen molar-refractivity contribution >= 4 is 5.91 Å². The van der Waals surface area contributed by atoms with Crippen molar-refractivity contribution in [3.63, 3.8) is 0 Å². The Labute approximate surface area is 115 Å². The van der Waals surface area contributed by atoms with E-state index in [1.54, 1.807) is 25.9 Å². The Balaban J connectivity index is 2.71. The fourth-order valence-electron chi connectivity index (χ4n) is 1.91. The minimum Gasteiger partial charge on any atom is -0.497 e. The lowest BCUT2D eigenvalue weighted by Gasteiger charge is -2.28. The van der Waals surface area contributed by atoms with Crippen molar-refractivity contribution in [3.8, 4) is 5.75 Å². The van der Waals surface area contributed by atoms with E-state index in [1.165, 1.54) is 0 Å². The molecular weight excluding hydrogens is 242 g/mol. The minimum absolute atomic E-state index is 0.0119. The molecule has 0 aromatic heterocycles. The molecule has 106 valence electrons. The summed E-state index contributed by atoms with van der Waals surface area (Å²) >= 11 is 0. The minimum atomic E-state index is -0.875. The third kappa shape index (κ3) is 5.30. The molecule has 0 radical (unpaired) electrons. The lowest BCUT2D eigenvalue weighted by molar-refractivity contribution is -0.133. The number of aliphatic hydroxyl groups is 1. The van der Waals surface area contributed by atoms with Crippen molar-refractivity contribution in [1.29, 1.82) is 0 Å². The van der Waals surface area contributed by atoms with Crippen LogP contribution in [0.5, 0.6) is 5.75 Å². The average Bonchev–Trinajstić information content (AvgIpc) is 2.35. The van der Waals surface area contributed by atoms with E-state index in [1.807, 2.05) is 31.2 Å². The monoisotopic (exact) mass is 265 g/mol. The molecule has 1 rings (SSSR count). The Morgan fingerprint density at radius 2 is 2.11 bits per heavy atom. The summed E-state index contributed by atoms with van der Waals surface area (Å²) in [4.78, 5) is 13.9. The second kappa shape index (κ2) is 6.57. The lowest BCUT2D eigenvalue weighted by Crippen LogP contribution is -2.42. The second-order valence-electron chi connectivity index (χ2n) is 5.25. The number of likely N-dealkylation sites (N-methyl/N-ethyl adjacent to an activating group) is 1. The summed E-state index contributed by atoms with van der Waals surface area (Å²) < 4.78 is 5.14. The number of methoxy groups -OCH3 is 1. The molecule has 1 N–H and O–H groups in total. The van der Waals surface area contributed by atoms with Gasteiger partial charge in [-0.05, 0) is 38.5 Å². The van der Waals surface area contributed by atoms with E-state index < -0.39 is 5.60 Å². The van der Waals surface area contributed by atoms with E-state index >= 15 is 0 Å². The molecule has 0 bridgehead atoms. The van der Waals surface area contributed by atoms with Gasteiger partial charge in [0.1, 0.15) is 5.75 Å². The molecule has 0 atom stereocenters. The Morgan fingerprint density at radius 3 is 2.63 bits per heavy atom. The van der Waals surface area contributed by atoms with E-state index in [0.717, 1.165) is 11.3 Å². The standard InChI is InChI=1S/C15H23NO3/c1-5-16(11-15(2,3)18)14(17)10-12-7-6-8-13(9-12)19-4/h6-9,18H,5,10-11H2,1-4H3.